The average molecular weight is 391 g/mol. The van der Waals surface area contributed by atoms with E-state index < -0.39 is 17.8 Å². The lowest BCUT2D eigenvalue weighted by atomic mass is 10.1. The molecule has 0 radical (unpaired) electrons. The van der Waals surface area contributed by atoms with Gasteiger partial charge in [0.1, 0.15) is 5.69 Å². The predicted octanol–water partition coefficient (Wildman–Crippen LogP) is 3.04. The zero-order valence-corrected chi connectivity index (χ0v) is 15.0. The number of amides is 1. The van der Waals surface area contributed by atoms with Crippen molar-refractivity contribution < 1.29 is 22.7 Å². The summed E-state index contributed by atoms with van der Waals surface area (Å²) in [5.74, 6) is -0.411. The number of benzene rings is 1. The van der Waals surface area contributed by atoms with Crippen molar-refractivity contribution in [3.63, 3.8) is 0 Å². The van der Waals surface area contributed by atoms with E-state index in [9.17, 15) is 18.0 Å². The third kappa shape index (κ3) is 4.02. The molecule has 0 saturated carbocycles. The van der Waals surface area contributed by atoms with Crippen LogP contribution >= 0.6 is 0 Å². The van der Waals surface area contributed by atoms with Gasteiger partial charge in [0.2, 0.25) is 0 Å². The van der Waals surface area contributed by atoms with Crippen LogP contribution in [0, 0.1) is 0 Å². The van der Waals surface area contributed by atoms with Crippen LogP contribution in [-0.4, -0.2) is 47.6 Å². The van der Waals surface area contributed by atoms with Crippen LogP contribution in [0.15, 0.2) is 48.7 Å². The Labute approximate surface area is 160 Å². The molecule has 0 unspecified atom stereocenters. The second kappa shape index (κ2) is 7.52. The van der Waals surface area contributed by atoms with Crippen molar-refractivity contribution in [2.24, 2.45) is 0 Å². The number of carbonyl (C=O) groups excluding carboxylic acids is 1. The van der Waals surface area contributed by atoms with Gasteiger partial charge in [0.25, 0.3) is 5.91 Å². The van der Waals surface area contributed by atoms with Gasteiger partial charge in [-0.05, 0) is 24.1 Å². The van der Waals surface area contributed by atoms with Crippen LogP contribution in [0.4, 0.5) is 13.2 Å². The zero-order chi connectivity index (χ0) is 19.7. The van der Waals surface area contributed by atoms with Gasteiger partial charge in [-0.15, -0.1) is 0 Å². The number of fused-ring (bicyclic) bond motifs is 1. The van der Waals surface area contributed by atoms with Crippen molar-refractivity contribution in [3.8, 4) is 0 Å². The number of alkyl halides is 3. The highest BCUT2D eigenvalue weighted by molar-refractivity contribution is 5.94. The Morgan fingerprint density at radius 3 is 2.61 bits per heavy atom. The summed E-state index contributed by atoms with van der Waals surface area (Å²) in [6.07, 6.45) is -2.79. The van der Waals surface area contributed by atoms with Gasteiger partial charge in [0, 0.05) is 31.4 Å². The van der Waals surface area contributed by atoms with Gasteiger partial charge < -0.3 is 10.1 Å². The summed E-state index contributed by atoms with van der Waals surface area (Å²) in [6, 6.07) is 12.1. The molecule has 0 aliphatic carbocycles. The van der Waals surface area contributed by atoms with Crippen LogP contribution in [0.3, 0.4) is 0 Å². The van der Waals surface area contributed by atoms with Crippen LogP contribution in [0.5, 0.6) is 0 Å². The second-order valence-electron chi connectivity index (χ2n) is 7.18. The highest BCUT2D eigenvalue weighted by Gasteiger charge is 2.38. The smallest absolute Gasteiger partial charge is 0.371 e. The standard InChI is InChI=1S/C20H20F3N3O2/c21-20(22,23)18-7-6-14(9-24-18)19(27)25-15-8-16-12-28-17(11-26(16)10-15)13-4-2-1-3-5-13/h1-7,9,15-17H,8,10-12H2,(H,25,27)/t15-,16-,17+/m0/s1. The summed E-state index contributed by atoms with van der Waals surface area (Å²) < 4.78 is 43.8. The van der Waals surface area contributed by atoms with E-state index >= 15 is 0 Å². The van der Waals surface area contributed by atoms with E-state index in [1.54, 1.807) is 0 Å². The van der Waals surface area contributed by atoms with E-state index in [1.165, 1.54) is 0 Å². The third-order valence-electron chi connectivity index (χ3n) is 5.24. The number of hydrogen-bond acceptors (Lipinski definition) is 4. The van der Waals surface area contributed by atoms with E-state index in [-0.39, 0.29) is 23.8 Å². The van der Waals surface area contributed by atoms with Gasteiger partial charge in [-0.3, -0.25) is 14.7 Å². The molecule has 2 aliphatic heterocycles. The quantitative estimate of drug-likeness (QED) is 0.874. The van der Waals surface area contributed by atoms with Crippen molar-refractivity contribution in [2.75, 3.05) is 19.7 Å². The third-order valence-corrected chi connectivity index (χ3v) is 5.24. The first-order chi connectivity index (χ1) is 13.4. The lowest BCUT2D eigenvalue weighted by molar-refractivity contribution is -0.141. The van der Waals surface area contributed by atoms with Gasteiger partial charge in [-0.25, -0.2) is 0 Å². The topological polar surface area (TPSA) is 54.5 Å². The fourth-order valence-corrected chi connectivity index (χ4v) is 3.81. The minimum atomic E-state index is -4.52. The van der Waals surface area contributed by atoms with E-state index in [0.717, 1.165) is 36.9 Å². The SMILES string of the molecule is O=C(N[C@H]1C[C@H]2CO[C@@H](c3ccccc3)CN2C1)c1ccc(C(F)(F)F)nc1. The van der Waals surface area contributed by atoms with Gasteiger partial charge in [-0.1, -0.05) is 30.3 Å². The largest absolute Gasteiger partial charge is 0.433 e. The summed E-state index contributed by atoms with van der Waals surface area (Å²) in [7, 11) is 0. The molecule has 5 nitrogen and oxygen atoms in total. The zero-order valence-electron chi connectivity index (χ0n) is 15.0. The number of rotatable bonds is 3. The fraction of sp³-hybridized carbons (Fsp3) is 0.400. The number of halogens is 3. The maximum absolute atomic E-state index is 12.6. The van der Waals surface area contributed by atoms with Crippen molar-refractivity contribution >= 4 is 5.91 Å². The van der Waals surface area contributed by atoms with Crippen LogP contribution < -0.4 is 5.32 Å². The van der Waals surface area contributed by atoms with Crippen LogP contribution in [0.1, 0.15) is 34.1 Å². The van der Waals surface area contributed by atoms with E-state index in [2.05, 4.69) is 15.2 Å². The molecule has 3 atom stereocenters. The van der Waals surface area contributed by atoms with E-state index in [0.29, 0.717) is 13.2 Å². The molecule has 0 bridgehead atoms. The number of nitrogens with zero attached hydrogens (tertiary/aromatic N) is 2. The van der Waals surface area contributed by atoms with Crippen molar-refractivity contribution in [1.82, 2.24) is 15.2 Å². The molecule has 1 amide bonds. The van der Waals surface area contributed by atoms with Crippen LogP contribution in [0.25, 0.3) is 0 Å². The summed E-state index contributed by atoms with van der Waals surface area (Å²) in [5, 5.41) is 2.91. The molecular formula is C20H20F3N3O2. The summed E-state index contributed by atoms with van der Waals surface area (Å²) >= 11 is 0. The molecule has 2 aromatic rings. The minimum absolute atomic E-state index is 0.00557. The van der Waals surface area contributed by atoms with Gasteiger partial charge in [0.05, 0.1) is 18.3 Å². The molecule has 2 fully saturated rings. The first kappa shape index (κ1) is 18.9. The Bertz CT molecular complexity index is 827. The molecular weight excluding hydrogens is 371 g/mol. The Morgan fingerprint density at radius 1 is 1.14 bits per heavy atom. The van der Waals surface area contributed by atoms with Crippen LogP contribution in [0.2, 0.25) is 0 Å². The molecule has 2 aliphatic rings. The molecule has 3 heterocycles. The van der Waals surface area contributed by atoms with Gasteiger partial charge in [0.15, 0.2) is 0 Å². The second-order valence-corrected chi connectivity index (χ2v) is 7.18. The number of nitrogens with one attached hydrogen (secondary N) is 1. The van der Waals surface area contributed by atoms with Crippen molar-refractivity contribution in [1.29, 1.82) is 0 Å². The number of ether oxygens (including phenoxy) is 1. The van der Waals surface area contributed by atoms with Gasteiger partial charge in [-0.2, -0.15) is 13.2 Å². The predicted molar refractivity (Wildman–Crippen MR) is 95.6 cm³/mol. The molecule has 1 aromatic carbocycles. The minimum Gasteiger partial charge on any atom is -0.371 e. The van der Waals surface area contributed by atoms with Crippen LogP contribution in [-0.2, 0) is 10.9 Å². The Balaban J connectivity index is 1.35. The lowest BCUT2D eigenvalue weighted by Crippen LogP contribution is -2.43. The molecule has 4 rings (SSSR count). The van der Waals surface area contributed by atoms with E-state index in [4.69, 9.17) is 4.74 Å². The number of pyridine rings is 1. The number of hydrogen-bond donors (Lipinski definition) is 1. The molecule has 1 N–H and O–H groups in total. The first-order valence-electron chi connectivity index (χ1n) is 9.15. The fourth-order valence-electron chi connectivity index (χ4n) is 3.81. The molecule has 2 saturated heterocycles. The van der Waals surface area contributed by atoms with Crippen molar-refractivity contribution in [2.45, 2.75) is 30.8 Å². The molecule has 1 aromatic heterocycles. The average Bonchev–Trinajstić information content (AvgIpc) is 3.09. The van der Waals surface area contributed by atoms with E-state index in [1.807, 2.05) is 30.3 Å². The first-order valence-corrected chi connectivity index (χ1v) is 9.15. The molecule has 28 heavy (non-hydrogen) atoms. The monoisotopic (exact) mass is 391 g/mol. The molecule has 8 heteroatoms. The maximum atomic E-state index is 12.6. The molecule has 0 spiro atoms. The molecule has 148 valence electrons. The highest BCUT2D eigenvalue weighted by Crippen LogP contribution is 2.30. The maximum Gasteiger partial charge on any atom is 0.433 e. The summed E-state index contributed by atoms with van der Waals surface area (Å²) in [6.45, 7) is 2.04. The Kier molecular flexibility index (Phi) is 5.07. The summed E-state index contributed by atoms with van der Waals surface area (Å²) in [5.41, 5.74) is 0.242. The van der Waals surface area contributed by atoms with Gasteiger partial charge >= 0.3 is 6.18 Å². The lowest BCUT2D eigenvalue weighted by Gasteiger charge is -2.35. The normalized spacial score (nSPS) is 25.3. The number of aromatic nitrogens is 1. The van der Waals surface area contributed by atoms with Crippen molar-refractivity contribution in [3.05, 3.63) is 65.5 Å². The Hall–Kier alpha value is -2.45. The Morgan fingerprint density at radius 2 is 1.93 bits per heavy atom. The summed E-state index contributed by atoms with van der Waals surface area (Å²) in [4.78, 5) is 18.0. The highest BCUT2D eigenvalue weighted by atomic mass is 19.4. The number of morpholine rings is 1. The number of carbonyl (C=O) groups is 1.